The Bertz CT molecular complexity index is 3850. The molecule has 2 aliphatic rings. The quantitative estimate of drug-likeness (QED) is 0.0108. The van der Waals surface area contributed by atoms with Gasteiger partial charge in [0.15, 0.2) is 0 Å². The summed E-state index contributed by atoms with van der Waals surface area (Å²) < 4.78 is 123. The number of carbonyl (C=O) groups is 1. The Labute approximate surface area is 497 Å². The SMILES string of the molecule is CC.CC1(C)CNC(c2cc(S(=O)(=O)NCCCN(CCCNS(=O)(=O)c3ccc(O)c(C4NCC(C)(C)S4)c3)S(=O)(=O)c3cccc(S(=O)(=O)Nc4cccc5c(O)c(NC=O)cc(N)c45)c3)ccc2O)S1.Nc1snc2ccccc12. The van der Waals surface area contributed by atoms with Crippen molar-refractivity contribution in [3.63, 3.8) is 0 Å². The topological polar surface area (TPSA) is 355 Å². The molecule has 22 nitrogen and oxygen atoms in total. The second-order valence-electron chi connectivity index (χ2n) is 20.1. The lowest BCUT2D eigenvalue weighted by Gasteiger charge is -2.23. The molecule has 7 aromatic rings. The van der Waals surface area contributed by atoms with Crippen LogP contribution in [0.2, 0.25) is 0 Å². The summed E-state index contributed by atoms with van der Waals surface area (Å²) in [4.78, 5) is 9.94. The highest BCUT2D eigenvalue weighted by Gasteiger charge is 2.36. The third kappa shape index (κ3) is 15.5. The molecule has 2 unspecified atom stereocenters. The highest BCUT2D eigenvalue weighted by atomic mass is 32.2. The van der Waals surface area contributed by atoms with Crippen molar-refractivity contribution in [2.45, 2.75) is 94.2 Å². The zero-order valence-electron chi connectivity index (χ0n) is 46.2. The molecule has 6 aromatic carbocycles. The second-order valence-corrected chi connectivity index (χ2v) is 31.7. The van der Waals surface area contributed by atoms with Crippen molar-refractivity contribution in [1.29, 1.82) is 0 Å². The van der Waals surface area contributed by atoms with Crippen LogP contribution in [0.1, 0.15) is 76.3 Å². The van der Waals surface area contributed by atoms with Crippen LogP contribution in [-0.2, 0) is 44.9 Å². The summed E-state index contributed by atoms with van der Waals surface area (Å²) >= 11 is 4.42. The predicted octanol–water partition coefficient (Wildman–Crippen LogP) is 7.77. The number of sulfonamides is 4. The van der Waals surface area contributed by atoms with Gasteiger partial charge in [-0.2, -0.15) is 8.68 Å². The number of nitrogens with one attached hydrogen (secondary N) is 6. The molecule has 0 aliphatic carbocycles. The van der Waals surface area contributed by atoms with Gasteiger partial charge in [-0.05, 0) is 131 Å². The number of phenolic OH excluding ortho intramolecular Hbond substituents is 3. The molecule has 1 amide bonds. The maximum atomic E-state index is 14.5. The lowest BCUT2D eigenvalue weighted by Crippen LogP contribution is -2.37. The average Bonchev–Trinajstić information content (AvgIpc) is 4.27. The fraction of sp³-hybridized carbons (Fsp3) is 0.333. The number of hydrogen-bond donors (Lipinski definition) is 11. The number of amides is 1. The smallest absolute Gasteiger partial charge is 0.261 e. The lowest BCUT2D eigenvalue weighted by molar-refractivity contribution is -0.105. The van der Waals surface area contributed by atoms with Crippen molar-refractivity contribution in [3.05, 3.63) is 120 Å². The number of aromatic nitrogens is 1. The molecule has 448 valence electrons. The molecule has 13 N–H and O–H groups in total. The van der Waals surface area contributed by atoms with Crippen LogP contribution in [0, 0.1) is 0 Å². The van der Waals surface area contributed by atoms with Crippen LogP contribution in [-0.4, -0.2) is 113 Å². The number of nitrogens with zero attached hydrogens (tertiary/aromatic N) is 2. The van der Waals surface area contributed by atoms with Crippen LogP contribution in [0.25, 0.3) is 21.7 Å². The predicted molar refractivity (Wildman–Crippen MR) is 332 cm³/mol. The largest absolute Gasteiger partial charge is 0.508 e. The first kappa shape index (κ1) is 64.6. The average molecular weight is 1270 g/mol. The molecule has 3 heterocycles. The number of aromatic hydroxyl groups is 3. The van der Waals surface area contributed by atoms with Crippen LogP contribution in [0.4, 0.5) is 22.1 Å². The molecule has 9 rings (SSSR count). The number of fused-ring (bicyclic) bond motifs is 2. The minimum Gasteiger partial charge on any atom is -0.508 e. The zero-order valence-corrected chi connectivity index (χ0v) is 51.9. The summed E-state index contributed by atoms with van der Waals surface area (Å²) in [6.45, 7) is 12.3. The van der Waals surface area contributed by atoms with Gasteiger partial charge in [-0.3, -0.25) is 9.52 Å². The molecule has 0 bridgehead atoms. The number of nitrogens with two attached hydrogens (primary N) is 2. The van der Waals surface area contributed by atoms with Gasteiger partial charge < -0.3 is 42.7 Å². The zero-order chi connectivity index (χ0) is 60.7. The van der Waals surface area contributed by atoms with Crippen molar-refractivity contribution >= 4 is 125 Å². The maximum absolute atomic E-state index is 14.5. The van der Waals surface area contributed by atoms with Gasteiger partial charge in [0.05, 0.1) is 47.2 Å². The van der Waals surface area contributed by atoms with Crippen LogP contribution in [0.3, 0.4) is 0 Å². The number of hydrogen-bond acceptors (Lipinski definition) is 20. The summed E-state index contributed by atoms with van der Waals surface area (Å²) in [7, 11) is -17.5. The van der Waals surface area contributed by atoms with Gasteiger partial charge in [0.2, 0.25) is 36.5 Å². The van der Waals surface area contributed by atoms with Gasteiger partial charge in [0, 0.05) is 81.7 Å². The molecule has 2 atom stereocenters. The number of nitrogen functional groups attached to an aromatic ring is 2. The van der Waals surface area contributed by atoms with E-state index in [0.29, 0.717) is 30.6 Å². The minimum atomic E-state index is -4.58. The molecule has 2 fully saturated rings. The van der Waals surface area contributed by atoms with Crippen molar-refractivity contribution in [2.24, 2.45) is 0 Å². The van der Waals surface area contributed by atoms with E-state index in [0.717, 1.165) is 26.3 Å². The summed E-state index contributed by atoms with van der Waals surface area (Å²) in [6.07, 6.45) is 0.176. The lowest BCUT2D eigenvalue weighted by atomic mass is 10.0. The van der Waals surface area contributed by atoms with Crippen molar-refractivity contribution < 1.29 is 53.8 Å². The van der Waals surface area contributed by atoms with Crippen molar-refractivity contribution in [3.8, 4) is 17.2 Å². The molecule has 2 aliphatic heterocycles. The second kappa shape index (κ2) is 26.5. The van der Waals surface area contributed by atoms with E-state index in [1.54, 1.807) is 0 Å². The van der Waals surface area contributed by atoms with Crippen LogP contribution in [0.15, 0.2) is 129 Å². The maximum Gasteiger partial charge on any atom is 0.261 e. The van der Waals surface area contributed by atoms with Crippen LogP contribution in [0.5, 0.6) is 17.2 Å². The van der Waals surface area contributed by atoms with E-state index in [9.17, 15) is 53.8 Å². The summed E-state index contributed by atoms with van der Waals surface area (Å²) in [5, 5.41) is 42.3. The fourth-order valence-corrected chi connectivity index (χ4v) is 17.1. The Morgan fingerprint density at radius 3 is 1.66 bits per heavy atom. The number of rotatable bonds is 21. The number of carbonyl (C=O) groups excluding carboxylic acids is 1. The van der Waals surface area contributed by atoms with Crippen LogP contribution < -0.4 is 41.6 Å². The molecule has 2 saturated heterocycles. The van der Waals surface area contributed by atoms with E-state index in [2.05, 4.69) is 34.5 Å². The van der Waals surface area contributed by atoms with Gasteiger partial charge in [0.25, 0.3) is 10.0 Å². The summed E-state index contributed by atoms with van der Waals surface area (Å²) in [6, 6.07) is 25.8. The van der Waals surface area contributed by atoms with E-state index < -0.39 is 49.9 Å². The minimum absolute atomic E-state index is 0.00632. The summed E-state index contributed by atoms with van der Waals surface area (Å²) in [5.41, 5.74) is 13.6. The Balaban J connectivity index is 0.000000732. The van der Waals surface area contributed by atoms with E-state index >= 15 is 0 Å². The van der Waals surface area contributed by atoms with Gasteiger partial charge >= 0.3 is 0 Å². The first-order valence-electron chi connectivity index (χ1n) is 26.1. The Kier molecular flexibility index (Phi) is 20.6. The third-order valence-electron chi connectivity index (χ3n) is 13.0. The van der Waals surface area contributed by atoms with Crippen LogP contribution >= 0.6 is 35.1 Å². The normalized spacial score (nSPS) is 16.9. The molecule has 0 saturated carbocycles. The number of thioether (sulfide) groups is 2. The standard InChI is InChI=1S/C45H56N8O12S6.C7H6N2S.C2H6/c1-44(2)25-47-42(66-44)33-22-29(13-15-38(33)55)68(58,59)50-17-7-19-53(20-8-18-51-69(60,61)30-14-16-39(56)34(23-30)43-48-26-45(3,4)67-43)71(64,65)31-10-5-9-28(21-31)70(62,63)52-36-12-6-11-32-40(36)35(46)24-37(41(32)57)49-27-54;8-7-5-3-1-2-4-6(5)9-10-7;1-2/h5-6,9-16,21-24,27,42-43,47-48,50-52,55-57H,7-8,17-20,25-26,46H2,1-4H3,(H,49,54);1-4H,8H2;1-2H3. The van der Waals surface area contributed by atoms with Crippen molar-refractivity contribution in [2.75, 3.05) is 60.8 Å². The van der Waals surface area contributed by atoms with E-state index in [1.165, 1.54) is 114 Å². The van der Waals surface area contributed by atoms with Gasteiger partial charge in [0.1, 0.15) is 22.2 Å². The number of benzene rings is 6. The first-order chi connectivity index (χ1) is 39.1. The molecule has 1 aromatic heterocycles. The number of phenols is 3. The van der Waals surface area contributed by atoms with Gasteiger partial charge in [-0.1, -0.05) is 44.2 Å². The molecule has 0 spiro atoms. The third-order valence-corrected chi connectivity index (χ3v) is 22.8. The molecule has 83 heavy (non-hydrogen) atoms. The monoisotopic (exact) mass is 1270 g/mol. The van der Waals surface area contributed by atoms with E-state index in [1.807, 2.05) is 65.8 Å². The summed E-state index contributed by atoms with van der Waals surface area (Å²) in [5.74, 6) is -0.538. The molecular weight excluding hydrogens is 1210 g/mol. The highest BCUT2D eigenvalue weighted by Crippen LogP contribution is 2.47. The Hall–Kier alpha value is -5.96. The fourth-order valence-electron chi connectivity index (χ4n) is 8.91. The van der Waals surface area contributed by atoms with E-state index in [-0.39, 0.29) is 114 Å². The van der Waals surface area contributed by atoms with Gasteiger partial charge in [-0.15, -0.1) is 23.5 Å². The molecular formula is C54H68N10O12S7. The Morgan fingerprint density at radius 1 is 0.639 bits per heavy atom. The highest BCUT2D eigenvalue weighted by molar-refractivity contribution is 8.01. The number of anilines is 4. The first-order valence-corrected chi connectivity index (χ1v) is 34.5. The van der Waals surface area contributed by atoms with Gasteiger partial charge in [-0.25, -0.2) is 43.1 Å². The van der Waals surface area contributed by atoms with E-state index in [4.69, 9.17) is 11.5 Å². The molecule has 0 radical (unpaired) electrons. The van der Waals surface area contributed by atoms with Crippen molar-refractivity contribution in [1.82, 2.24) is 28.8 Å². The molecule has 29 heteroatoms. The Morgan fingerprint density at radius 2 is 1.14 bits per heavy atom.